The molecule has 1 aromatic carbocycles. The lowest BCUT2D eigenvalue weighted by molar-refractivity contribution is -0.120. The zero-order valence-electron chi connectivity index (χ0n) is 18.9. The molecule has 1 aliphatic carbocycles. The van der Waals surface area contributed by atoms with E-state index in [2.05, 4.69) is 20.3 Å². The van der Waals surface area contributed by atoms with Crippen LogP contribution in [-0.2, 0) is 4.79 Å². The maximum absolute atomic E-state index is 13.2. The standard InChI is InChI=1S/C25H23N5O3S/c1-14-11-18(17-5-3-4-6-21(17)33-2)19(12-26-14)23(32)30-25-29-22-24(34-25)28-20(13-27-22)15-7-9-16(31)10-8-15/h3-6,11-13,15H,7-10H2,1-2H3,(H,27,29,30,32). The van der Waals surface area contributed by atoms with Crippen molar-refractivity contribution in [3.63, 3.8) is 0 Å². The summed E-state index contributed by atoms with van der Waals surface area (Å²) in [7, 11) is 1.60. The maximum atomic E-state index is 13.2. The number of benzene rings is 1. The number of Topliss-reactive ketones (excluding diaryl/α,β-unsaturated/α-hetero) is 1. The highest BCUT2D eigenvalue weighted by molar-refractivity contribution is 7.21. The normalized spacial score (nSPS) is 14.4. The number of hydrogen-bond acceptors (Lipinski definition) is 8. The van der Waals surface area contributed by atoms with Crippen LogP contribution < -0.4 is 10.1 Å². The second-order valence-corrected chi connectivity index (χ2v) is 9.26. The van der Waals surface area contributed by atoms with E-state index in [1.165, 1.54) is 11.3 Å². The summed E-state index contributed by atoms with van der Waals surface area (Å²) in [6, 6.07) is 9.43. The number of amides is 1. The fourth-order valence-electron chi connectivity index (χ4n) is 4.22. The van der Waals surface area contributed by atoms with Crippen LogP contribution in [0.4, 0.5) is 5.13 Å². The van der Waals surface area contributed by atoms with Crippen molar-refractivity contribution in [2.24, 2.45) is 0 Å². The van der Waals surface area contributed by atoms with Gasteiger partial charge in [-0.05, 0) is 31.9 Å². The molecule has 9 heteroatoms. The van der Waals surface area contributed by atoms with E-state index in [-0.39, 0.29) is 11.8 Å². The third kappa shape index (κ3) is 4.38. The highest BCUT2D eigenvalue weighted by Gasteiger charge is 2.23. The monoisotopic (exact) mass is 473 g/mol. The molecular formula is C25H23N5O3S. The van der Waals surface area contributed by atoms with Crippen molar-refractivity contribution in [3.05, 3.63) is 59.7 Å². The molecule has 1 N–H and O–H groups in total. The second-order valence-electron chi connectivity index (χ2n) is 8.28. The van der Waals surface area contributed by atoms with Crippen LogP contribution in [0.25, 0.3) is 21.6 Å². The van der Waals surface area contributed by atoms with Crippen molar-refractivity contribution >= 4 is 38.6 Å². The van der Waals surface area contributed by atoms with E-state index in [1.807, 2.05) is 37.3 Å². The lowest BCUT2D eigenvalue weighted by Gasteiger charge is -2.19. The number of nitrogens with zero attached hydrogens (tertiary/aromatic N) is 4. The van der Waals surface area contributed by atoms with Gasteiger partial charge in [0.05, 0.1) is 24.6 Å². The first-order chi connectivity index (χ1) is 16.5. The number of aryl methyl sites for hydroxylation is 1. The molecule has 0 atom stereocenters. The molecule has 1 saturated carbocycles. The molecule has 0 spiro atoms. The van der Waals surface area contributed by atoms with Crippen LogP contribution in [0.2, 0.25) is 0 Å². The van der Waals surface area contributed by atoms with Crippen LogP contribution in [0.3, 0.4) is 0 Å². The third-order valence-corrected chi connectivity index (χ3v) is 6.86. The zero-order chi connectivity index (χ0) is 23.7. The molecule has 0 unspecified atom stereocenters. The Balaban J connectivity index is 1.42. The van der Waals surface area contributed by atoms with Gasteiger partial charge in [0.15, 0.2) is 15.6 Å². The summed E-state index contributed by atoms with van der Waals surface area (Å²) in [5, 5.41) is 3.30. The van der Waals surface area contributed by atoms with Crippen LogP contribution in [0.15, 0.2) is 42.7 Å². The van der Waals surface area contributed by atoms with Crippen LogP contribution in [0, 0.1) is 6.92 Å². The van der Waals surface area contributed by atoms with E-state index in [0.29, 0.717) is 45.5 Å². The molecule has 3 aromatic heterocycles. The van der Waals surface area contributed by atoms with Gasteiger partial charge in [0.25, 0.3) is 5.91 Å². The molecule has 3 heterocycles. The molecule has 1 fully saturated rings. The zero-order valence-corrected chi connectivity index (χ0v) is 19.7. The summed E-state index contributed by atoms with van der Waals surface area (Å²) >= 11 is 1.28. The summed E-state index contributed by atoms with van der Waals surface area (Å²) in [5.41, 5.74) is 4.12. The minimum Gasteiger partial charge on any atom is -0.496 e. The van der Waals surface area contributed by atoms with Gasteiger partial charge < -0.3 is 4.74 Å². The lowest BCUT2D eigenvalue weighted by Crippen LogP contribution is -2.14. The third-order valence-electron chi connectivity index (χ3n) is 6.01. The van der Waals surface area contributed by atoms with E-state index in [1.54, 1.807) is 19.5 Å². The molecule has 0 saturated heterocycles. The SMILES string of the molecule is COc1ccccc1-c1cc(C)ncc1C(=O)Nc1nc2ncc(C3CCC(=O)CC3)nc2s1. The smallest absolute Gasteiger partial charge is 0.259 e. The number of pyridine rings is 1. The summed E-state index contributed by atoms with van der Waals surface area (Å²) in [5.74, 6) is 0.897. The van der Waals surface area contributed by atoms with Crippen molar-refractivity contribution in [3.8, 4) is 16.9 Å². The molecule has 4 aromatic rings. The summed E-state index contributed by atoms with van der Waals surface area (Å²) in [6.45, 7) is 1.88. The number of anilines is 1. The number of methoxy groups -OCH3 is 1. The Morgan fingerprint density at radius 2 is 1.88 bits per heavy atom. The van der Waals surface area contributed by atoms with E-state index in [0.717, 1.165) is 35.4 Å². The number of aromatic nitrogens is 4. The quantitative estimate of drug-likeness (QED) is 0.437. The Bertz CT molecular complexity index is 1390. The lowest BCUT2D eigenvalue weighted by atomic mass is 9.86. The number of rotatable bonds is 5. The number of carbonyl (C=O) groups is 2. The Kier molecular flexibility index (Phi) is 6.02. The van der Waals surface area contributed by atoms with Crippen molar-refractivity contribution in [2.75, 3.05) is 12.4 Å². The van der Waals surface area contributed by atoms with Gasteiger partial charge in [0, 0.05) is 41.8 Å². The molecule has 0 radical (unpaired) electrons. The summed E-state index contributed by atoms with van der Waals surface area (Å²) in [4.78, 5) is 43.4. The van der Waals surface area contributed by atoms with Gasteiger partial charge >= 0.3 is 0 Å². The van der Waals surface area contributed by atoms with Gasteiger partial charge in [-0.25, -0.2) is 9.97 Å². The predicted molar refractivity (Wildman–Crippen MR) is 130 cm³/mol. The van der Waals surface area contributed by atoms with Crippen LogP contribution in [-0.4, -0.2) is 38.7 Å². The van der Waals surface area contributed by atoms with Crippen molar-refractivity contribution in [1.82, 2.24) is 19.9 Å². The highest BCUT2D eigenvalue weighted by atomic mass is 32.1. The first-order valence-electron chi connectivity index (χ1n) is 11.1. The highest BCUT2D eigenvalue weighted by Crippen LogP contribution is 2.34. The van der Waals surface area contributed by atoms with Crippen molar-refractivity contribution in [2.45, 2.75) is 38.5 Å². The average molecular weight is 474 g/mol. The molecule has 8 nitrogen and oxygen atoms in total. The van der Waals surface area contributed by atoms with Gasteiger partial charge in [0.2, 0.25) is 0 Å². The molecule has 34 heavy (non-hydrogen) atoms. The minimum atomic E-state index is -0.321. The largest absolute Gasteiger partial charge is 0.496 e. The fourth-order valence-corrected chi connectivity index (χ4v) is 5.01. The Morgan fingerprint density at radius 1 is 1.09 bits per heavy atom. The van der Waals surface area contributed by atoms with Crippen LogP contribution in [0.5, 0.6) is 5.75 Å². The van der Waals surface area contributed by atoms with Gasteiger partial charge in [0.1, 0.15) is 11.5 Å². The van der Waals surface area contributed by atoms with E-state index < -0.39 is 0 Å². The molecular weight excluding hydrogens is 450 g/mol. The molecule has 1 amide bonds. The molecule has 172 valence electrons. The number of ether oxygens (including phenoxy) is 1. The number of thiazole rings is 1. The molecule has 1 aliphatic rings. The Labute approximate surface area is 200 Å². The maximum Gasteiger partial charge on any atom is 0.259 e. The van der Waals surface area contributed by atoms with Crippen molar-refractivity contribution < 1.29 is 14.3 Å². The predicted octanol–water partition coefficient (Wildman–Crippen LogP) is 4.94. The number of nitrogens with one attached hydrogen (secondary N) is 1. The van der Waals surface area contributed by atoms with E-state index in [9.17, 15) is 9.59 Å². The first-order valence-corrected chi connectivity index (χ1v) is 11.9. The molecule has 0 bridgehead atoms. The van der Waals surface area contributed by atoms with Crippen molar-refractivity contribution in [1.29, 1.82) is 0 Å². The number of ketones is 1. The number of fused-ring (bicyclic) bond motifs is 1. The minimum absolute atomic E-state index is 0.233. The van der Waals surface area contributed by atoms with E-state index in [4.69, 9.17) is 9.72 Å². The van der Waals surface area contributed by atoms with Gasteiger partial charge in [-0.3, -0.25) is 19.9 Å². The fraction of sp³-hybridized carbons (Fsp3) is 0.280. The second kappa shape index (κ2) is 9.26. The summed E-state index contributed by atoms with van der Waals surface area (Å²) in [6.07, 6.45) is 6.08. The number of para-hydroxylation sites is 1. The topological polar surface area (TPSA) is 107 Å². The molecule has 5 rings (SSSR count). The average Bonchev–Trinajstić information content (AvgIpc) is 3.25. The van der Waals surface area contributed by atoms with Crippen LogP contribution in [0.1, 0.15) is 53.3 Å². The van der Waals surface area contributed by atoms with Gasteiger partial charge in [-0.1, -0.05) is 29.5 Å². The Morgan fingerprint density at radius 3 is 2.68 bits per heavy atom. The van der Waals surface area contributed by atoms with Crippen LogP contribution >= 0.6 is 11.3 Å². The summed E-state index contributed by atoms with van der Waals surface area (Å²) < 4.78 is 5.50. The van der Waals surface area contributed by atoms with E-state index >= 15 is 0 Å². The molecule has 0 aliphatic heterocycles. The Hall–Kier alpha value is -3.72. The van der Waals surface area contributed by atoms with Gasteiger partial charge in [-0.2, -0.15) is 4.98 Å². The number of carbonyl (C=O) groups excluding carboxylic acids is 2. The first kappa shape index (κ1) is 22.1. The van der Waals surface area contributed by atoms with Gasteiger partial charge in [-0.15, -0.1) is 0 Å². The number of hydrogen-bond donors (Lipinski definition) is 1.